The van der Waals surface area contributed by atoms with E-state index in [1.807, 2.05) is 65.0 Å². The summed E-state index contributed by atoms with van der Waals surface area (Å²) < 4.78 is 42.2. The van der Waals surface area contributed by atoms with Crippen LogP contribution in [0, 0.1) is 17.2 Å². The van der Waals surface area contributed by atoms with Gasteiger partial charge in [-0.3, -0.25) is 14.9 Å². The predicted octanol–water partition coefficient (Wildman–Crippen LogP) is 3.95. The van der Waals surface area contributed by atoms with E-state index in [1.165, 1.54) is 40.7 Å². The largest absolute Gasteiger partial charge is 0.399 e. The molecule has 0 aromatic heterocycles. The van der Waals surface area contributed by atoms with Gasteiger partial charge in [0, 0.05) is 24.3 Å². The van der Waals surface area contributed by atoms with Gasteiger partial charge < -0.3 is 21.5 Å². The molecule has 3 aromatic carbocycles. The fourth-order valence-corrected chi connectivity index (χ4v) is 7.44. The van der Waals surface area contributed by atoms with E-state index in [0.717, 1.165) is 24.0 Å². The Hall–Kier alpha value is -3.84. The van der Waals surface area contributed by atoms with E-state index in [4.69, 9.17) is 5.73 Å². The van der Waals surface area contributed by atoms with Crippen LogP contribution >= 0.6 is 0 Å². The Balaban J connectivity index is 1.52. The lowest BCUT2D eigenvalue weighted by atomic mass is 9.85. The molecule has 1 saturated carbocycles. The second-order valence-corrected chi connectivity index (χ2v) is 16.4. The highest BCUT2D eigenvalue weighted by Gasteiger charge is 2.44. The van der Waals surface area contributed by atoms with Crippen LogP contribution < -0.4 is 21.7 Å². The van der Waals surface area contributed by atoms with Gasteiger partial charge in [-0.2, -0.15) is 4.31 Å². The number of anilines is 1. The Morgan fingerprint density at radius 2 is 1.55 bits per heavy atom. The first-order valence-electron chi connectivity index (χ1n) is 16.7. The van der Waals surface area contributed by atoms with Gasteiger partial charge in [0.2, 0.25) is 21.8 Å². The van der Waals surface area contributed by atoms with E-state index in [-0.39, 0.29) is 48.6 Å². The Bertz CT molecular complexity index is 1660. The minimum absolute atomic E-state index is 0.0507. The number of nitrogens with two attached hydrogens (primary N) is 1. The van der Waals surface area contributed by atoms with Gasteiger partial charge in [-0.25, -0.2) is 12.8 Å². The maximum absolute atomic E-state index is 14.0. The van der Waals surface area contributed by atoms with Crippen molar-refractivity contribution in [2.75, 3.05) is 25.4 Å². The molecule has 0 heterocycles. The number of benzene rings is 3. The van der Waals surface area contributed by atoms with Crippen molar-refractivity contribution in [1.29, 1.82) is 0 Å². The Kier molecular flexibility index (Phi) is 12.2. The smallest absolute Gasteiger partial charge is 0.243 e. The normalized spacial score (nSPS) is 16.2. The average Bonchev–Trinajstić information content (AvgIpc) is 3.83. The molecule has 1 aliphatic rings. The van der Waals surface area contributed by atoms with Crippen LogP contribution in [0.25, 0.3) is 0 Å². The summed E-state index contributed by atoms with van der Waals surface area (Å²) in [6.45, 7) is 9.08. The van der Waals surface area contributed by atoms with Crippen molar-refractivity contribution in [3.05, 3.63) is 95.8 Å². The van der Waals surface area contributed by atoms with Crippen LogP contribution in [0.5, 0.6) is 0 Å². The molecule has 49 heavy (non-hydrogen) atoms. The summed E-state index contributed by atoms with van der Waals surface area (Å²) in [5, 5.41) is 20.8. The number of aliphatic hydroxyl groups excluding tert-OH is 1. The van der Waals surface area contributed by atoms with Gasteiger partial charge in [-0.05, 0) is 78.1 Å². The number of carbonyl (C=O) groups excluding carboxylic acids is 2. The Labute approximate surface area is 289 Å². The van der Waals surface area contributed by atoms with Crippen molar-refractivity contribution in [3.8, 4) is 0 Å². The van der Waals surface area contributed by atoms with E-state index in [1.54, 1.807) is 12.1 Å². The zero-order valence-corrected chi connectivity index (χ0v) is 29.8. The van der Waals surface area contributed by atoms with E-state index in [2.05, 4.69) is 16.0 Å². The molecule has 0 spiro atoms. The van der Waals surface area contributed by atoms with Crippen LogP contribution in [0.2, 0.25) is 0 Å². The number of nitrogens with one attached hydrogen (secondary N) is 3. The summed E-state index contributed by atoms with van der Waals surface area (Å²) in [5.41, 5.74) is 6.82. The number of aliphatic hydroxyl groups is 1. The van der Waals surface area contributed by atoms with E-state index < -0.39 is 45.1 Å². The molecule has 0 radical (unpaired) electrons. The topological polar surface area (TPSA) is 154 Å². The highest BCUT2D eigenvalue weighted by molar-refractivity contribution is 7.89. The van der Waals surface area contributed by atoms with Crippen molar-refractivity contribution in [2.45, 2.75) is 82.5 Å². The van der Waals surface area contributed by atoms with Crippen LogP contribution in [-0.4, -0.2) is 67.5 Å². The van der Waals surface area contributed by atoms with Gasteiger partial charge in [-0.15, -0.1) is 0 Å². The molecule has 3 unspecified atom stereocenters. The number of halogens is 1. The minimum atomic E-state index is -4.01. The Morgan fingerprint density at radius 1 is 0.939 bits per heavy atom. The molecule has 3 atom stereocenters. The monoisotopic (exact) mass is 695 g/mol. The summed E-state index contributed by atoms with van der Waals surface area (Å²) >= 11 is 0. The van der Waals surface area contributed by atoms with Gasteiger partial charge in [0.15, 0.2) is 0 Å². The first kappa shape index (κ1) is 38.0. The molecule has 0 bridgehead atoms. The number of nitrogens with zero attached hydrogens (tertiary/aromatic N) is 1. The van der Waals surface area contributed by atoms with Crippen molar-refractivity contribution < 1.29 is 27.5 Å². The van der Waals surface area contributed by atoms with Gasteiger partial charge in [-0.1, -0.05) is 77.1 Å². The van der Waals surface area contributed by atoms with Gasteiger partial charge in [0.25, 0.3) is 0 Å². The predicted molar refractivity (Wildman–Crippen MR) is 189 cm³/mol. The summed E-state index contributed by atoms with van der Waals surface area (Å²) in [6, 6.07) is 19.5. The van der Waals surface area contributed by atoms with E-state index in [9.17, 15) is 27.5 Å². The minimum Gasteiger partial charge on any atom is -0.399 e. The number of rotatable bonds is 16. The van der Waals surface area contributed by atoms with Crippen LogP contribution in [0.1, 0.15) is 58.6 Å². The SMILES string of the molecule is CC(C)CN(CC(O)C(Cc1ccccc1)NC(=O)C(NC(=O)CNC1(c2ccc(F)cc2)CC1)C(C)(C)C)S(=O)(=O)c1ccc(N)cc1. The van der Waals surface area contributed by atoms with E-state index in [0.29, 0.717) is 5.69 Å². The van der Waals surface area contributed by atoms with Crippen molar-refractivity contribution in [1.82, 2.24) is 20.3 Å². The maximum atomic E-state index is 14.0. The zero-order chi connectivity index (χ0) is 36.0. The lowest BCUT2D eigenvalue weighted by Crippen LogP contribution is -2.59. The molecule has 12 heteroatoms. The highest BCUT2D eigenvalue weighted by atomic mass is 32.2. The second-order valence-electron chi connectivity index (χ2n) is 14.5. The summed E-state index contributed by atoms with van der Waals surface area (Å²) in [6.07, 6.45) is 0.527. The lowest BCUT2D eigenvalue weighted by Gasteiger charge is -2.34. The maximum Gasteiger partial charge on any atom is 0.243 e. The van der Waals surface area contributed by atoms with Gasteiger partial charge in [0.1, 0.15) is 11.9 Å². The molecule has 0 aliphatic heterocycles. The van der Waals surface area contributed by atoms with Gasteiger partial charge in [0.05, 0.1) is 23.6 Å². The molecular formula is C37H50FN5O5S. The first-order chi connectivity index (χ1) is 23.0. The first-order valence-corrected chi connectivity index (χ1v) is 18.1. The quantitative estimate of drug-likeness (QED) is 0.142. The van der Waals surface area contributed by atoms with Crippen molar-refractivity contribution in [3.63, 3.8) is 0 Å². The van der Waals surface area contributed by atoms with Crippen LogP contribution in [0.3, 0.4) is 0 Å². The van der Waals surface area contributed by atoms with Crippen molar-refractivity contribution >= 4 is 27.5 Å². The molecule has 3 aromatic rings. The summed E-state index contributed by atoms with van der Waals surface area (Å²) in [7, 11) is -4.01. The molecule has 1 fully saturated rings. The van der Waals surface area contributed by atoms with E-state index >= 15 is 0 Å². The molecule has 266 valence electrons. The van der Waals surface area contributed by atoms with Crippen LogP contribution in [-0.2, 0) is 31.6 Å². The summed E-state index contributed by atoms with van der Waals surface area (Å²) in [4.78, 5) is 27.3. The second kappa shape index (κ2) is 15.8. The van der Waals surface area contributed by atoms with Crippen LogP contribution in [0.4, 0.5) is 10.1 Å². The number of hydrogen-bond acceptors (Lipinski definition) is 7. The molecule has 10 nitrogen and oxygen atoms in total. The number of carbonyl (C=O) groups is 2. The number of hydrogen-bond donors (Lipinski definition) is 5. The third-order valence-electron chi connectivity index (χ3n) is 8.74. The average molecular weight is 696 g/mol. The molecule has 0 saturated heterocycles. The van der Waals surface area contributed by atoms with Crippen molar-refractivity contribution in [2.24, 2.45) is 11.3 Å². The highest BCUT2D eigenvalue weighted by Crippen LogP contribution is 2.45. The fraction of sp³-hybridized carbons (Fsp3) is 0.459. The number of amides is 2. The number of sulfonamides is 1. The molecule has 1 aliphatic carbocycles. The molecule has 6 N–H and O–H groups in total. The third kappa shape index (κ3) is 10.3. The standard InChI is InChI=1S/C37H50FN5O5S/c1-25(2)23-43(49(47,48)30-17-15-29(39)16-18-30)24-32(44)31(21-26-9-7-6-8-10-26)41-35(46)34(36(3,4)5)42-33(45)22-40-37(19-20-37)27-11-13-28(38)14-12-27/h6-18,25,31-32,34,40,44H,19-24,39H2,1-5H3,(H,41,46)(H,42,45). The van der Waals surface area contributed by atoms with Crippen LogP contribution in [0.15, 0.2) is 83.8 Å². The lowest BCUT2D eigenvalue weighted by molar-refractivity contribution is -0.132. The van der Waals surface area contributed by atoms with Gasteiger partial charge >= 0.3 is 0 Å². The molecular weight excluding hydrogens is 646 g/mol. The molecule has 4 rings (SSSR count). The fourth-order valence-electron chi connectivity index (χ4n) is 5.82. The number of nitrogen functional groups attached to an aromatic ring is 1. The zero-order valence-electron chi connectivity index (χ0n) is 28.9. The Morgan fingerprint density at radius 3 is 2.10 bits per heavy atom. The third-order valence-corrected chi connectivity index (χ3v) is 10.6. The molecule has 2 amide bonds. The summed E-state index contributed by atoms with van der Waals surface area (Å²) in [5.74, 6) is -1.27.